The van der Waals surface area contributed by atoms with Gasteiger partial charge in [-0.1, -0.05) is 54.7 Å². The van der Waals surface area contributed by atoms with Crippen molar-refractivity contribution >= 4 is 0 Å². The Hall–Kier alpha value is -1.30. The third-order valence-corrected chi connectivity index (χ3v) is 1.93. The Morgan fingerprint density at radius 3 is 2.50 bits per heavy atom. The predicted octanol–water partition coefficient (Wildman–Crippen LogP) is 4.14. The van der Waals surface area contributed by atoms with Gasteiger partial charge in [-0.15, -0.1) is 0 Å². The highest BCUT2D eigenvalue weighted by molar-refractivity contribution is 5.12. The predicted molar refractivity (Wildman–Crippen MR) is 62.8 cm³/mol. The summed E-state index contributed by atoms with van der Waals surface area (Å²) in [5, 5.41) is 0. The molecule has 1 aliphatic carbocycles. The highest BCUT2D eigenvalue weighted by Crippen LogP contribution is 1.99. The fraction of sp³-hybridized carbons (Fsp3) is 0.286. The quantitative estimate of drug-likeness (QED) is 0.532. The topological polar surface area (TPSA) is 0 Å². The summed E-state index contributed by atoms with van der Waals surface area (Å²) in [6, 6.07) is 0. The lowest BCUT2D eigenvalue weighted by molar-refractivity contribution is 0.868. The SMILES string of the molecule is [C]1=C/C/C=C/C=C\C=C\CCC\C=C/1. The summed E-state index contributed by atoms with van der Waals surface area (Å²) in [5.41, 5.74) is 0. The fourth-order valence-corrected chi connectivity index (χ4v) is 1.17. The second-order valence-corrected chi connectivity index (χ2v) is 3.18. The Labute approximate surface area is 87.0 Å². The van der Waals surface area contributed by atoms with Gasteiger partial charge in [-0.2, -0.15) is 0 Å². The van der Waals surface area contributed by atoms with Gasteiger partial charge in [0.15, 0.2) is 0 Å². The van der Waals surface area contributed by atoms with Crippen molar-refractivity contribution in [1.29, 1.82) is 0 Å². The van der Waals surface area contributed by atoms with Gasteiger partial charge in [0.2, 0.25) is 0 Å². The molecule has 73 valence electrons. The maximum Gasteiger partial charge on any atom is -0.0157 e. The van der Waals surface area contributed by atoms with Gasteiger partial charge in [-0.05, 0) is 31.8 Å². The first-order valence-electron chi connectivity index (χ1n) is 5.21. The summed E-state index contributed by atoms with van der Waals surface area (Å²) >= 11 is 0. The molecule has 14 heavy (non-hydrogen) atoms. The largest absolute Gasteiger partial charge is 0.0845 e. The number of hydrogen-bond acceptors (Lipinski definition) is 0. The van der Waals surface area contributed by atoms with Crippen LogP contribution in [0.25, 0.3) is 0 Å². The summed E-state index contributed by atoms with van der Waals surface area (Å²) in [7, 11) is 0. The zero-order valence-corrected chi connectivity index (χ0v) is 8.52. The Morgan fingerprint density at radius 2 is 1.57 bits per heavy atom. The molecule has 0 saturated heterocycles. The number of rotatable bonds is 0. The molecule has 0 heterocycles. The summed E-state index contributed by atoms with van der Waals surface area (Å²) in [6.07, 6.45) is 26.5. The van der Waals surface area contributed by atoms with Crippen molar-refractivity contribution in [3.63, 3.8) is 0 Å². The lowest BCUT2D eigenvalue weighted by atomic mass is 10.2. The van der Waals surface area contributed by atoms with Crippen LogP contribution in [0.3, 0.4) is 0 Å². The molecule has 0 spiro atoms. The zero-order valence-electron chi connectivity index (χ0n) is 8.52. The smallest absolute Gasteiger partial charge is 0.0157 e. The van der Waals surface area contributed by atoms with Crippen molar-refractivity contribution in [3.8, 4) is 0 Å². The van der Waals surface area contributed by atoms with Gasteiger partial charge in [0.05, 0.1) is 0 Å². The second kappa shape index (κ2) is 8.31. The minimum atomic E-state index is 0.957. The molecular formula is C14H17. The number of hydrogen-bond donors (Lipinski definition) is 0. The minimum absolute atomic E-state index is 0.957. The standard InChI is InChI=1S/C14H17/c1-2-4-6-8-10-12-14-13-11-9-7-5-3-1/h1-6,9,13-14H,7-8,10,12H2/b2-1-,5-3+,6-4+,11-9?,14-13-. The van der Waals surface area contributed by atoms with E-state index in [9.17, 15) is 0 Å². The third-order valence-electron chi connectivity index (χ3n) is 1.93. The maximum atomic E-state index is 3.14. The lowest BCUT2D eigenvalue weighted by Crippen LogP contribution is -1.69. The summed E-state index contributed by atoms with van der Waals surface area (Å²) in [5.74, 6) is 0. The van der Waals surface area contributed by atoms with E-state index in [1.165, 1.54) is 6.42 Å². The fourth-order valence-electron chi connectivity index (χ4n) is 1.17. The Bertz CT molecular complexity index is 262. The Balaban J connectivity index is 2.45. The van der Waals surface area contributed by atoms with Crippen LogP contribution in [0, 0.1) is 6.08 Å². The van der Waals surface area contributed by atoms with E-state index in [1.807, 2.05) is 12.2 Å². The molecule has 0 fully saturated rings. The molecule has 0 heteroatoms. The summed E-state index contributed by atoms with van der Waals surface area (Å²) in [4.78, 5) is 0. The summed E-state index contributed by atoms with van der Waals surface area (Å²) < 4.78 is 0. The average Bonchev–Trinajstić information content (AvgIpc) is 2.22. The van der Waals surface area contributed by atoms with Crippen molar-refractivity contribution in [2.45, 2.75) is 25.7 Å². The lowest BCUT2D eigenvalue weighted by Gasteiger charge is -1.88. The molecular weight excluding hydrogens is 168 g/mol. The van der Waals surface area contributed by atoms with Crippen LogP contribution in [0.4, 0.5) is 0 Å². The molecule has 0 nitrogen and oxygen atoms in total. The van der Waals surface area contributed by atoms with E-state index < -0.39 is 0 Å². The molecule has 0 amide bonds. The van der Waals surface area contributed by atoms with Gasteiger partial charge in [0, 0.05) is 0 Å². The molecule has 0 bridgehead atoms. The van der Waals surface area contributed by atoms with E-state index in [4.69, 9.17) is 0 Å². The van der Waals surface area contributed by atoms with E-state index in [0.717, 1.165) is 19.3 Å². The van der Waals surface area contributed by atoms with Crippen molar-refractivity contribution in [2.24, 2.45) is 0 Å². The molecule has 0 saturated carbocycles. The van der Waals surface area contributed by atoms with E-state index in [0.29, 0.717) is 0 Å². The monoisotopic (exact) mass is 185 g/mol. The first kappa shape index (κ1) is 10.8. The van der Waals surface area contributed by atoms with Crippen molar-refractivity contribution < 1.29 is 0 Å². The number of allylic oxidation sites excluding steroid dienone is 10. The highest BCUT2D eigenvalue weighted by Gasteiger charge is 1.79. The molecule has 0 N–H and O–H groups in total. The van der Waals surface area contributed by atoms with Crippen LogP contribution >= 0.6 is 0 Å². The van der Waals surface area contributed by atoms with Crippen LogP contribution in [0.1, 0.15) is 25.7 Å². The minimum Gasteiger partial charge on any atom is -0.0845 e. The normalized spacial score (nSPS) is 29.7. The van der Waals surface area contributed by atoms with Crippen LogP contribution in [0.5, 0.6) is 0 Å². The third kappa shape index (κ3) is 6.24. The van der Waals surface area contributed by atoms with Crippen molar-refractivity contribution in [1.82, 2.24) is 0 Å². The van der Waals surface area contributed by atoms with E-state index >= 15 is 0 Å². The Morgan fingerprint density at radius 1 is 0.786 bits per heavy atom. The molecule has 0 aromatic rings. The molecule has 0 atom stereocenters. The first-order chi connectivity index (χ1) is 7.00. The maximum absolute atomic E-state index is 3.14. The van der Waals surface area contributed by atoms with E-state index in [-0.39, 0.29) is 0 Å². The van der Waals surface area contributed by atoms with Crippen LogP contribution in [0.2, 0.25) is 0 Å². The van der Waals surface area contributed by atoms with Crippen molar-refractivity contribution in [3.05, 3.63) is 60.8 Å². The first-order valence-corrected chi connectivity index (χ1v) is 5.21. The molecule has 0 aromatic heterocycles. The second-order valence-electron chi connectivity index (χ2n) is 3.18. The molecule has 1 rings (SSSR count). The zero-order chi connectivity index (χ0) is 9.90. The van der Waals surface area contributed by atoms with Gasteiger partial charge in [-0.25, -0.2) is 0 Å². The van der Waals surface area contributed by atoms with Crippen LogP contribution in [-0.4, -0.2) is 0 Å². The van der Waals surface area contributed by atoms with Crippen molar-refractivity contribution in [2.75, 3.05) is 0 Å². The van der Waals surface area contributed by atoms with Gasteiger partial charge in [0.1, 0.15) is 0 Å². The van der Waals surface area contributed by atoms with Crippen LogP contribution in [-0.2, 0) is 0 Å². The molecule has 0 unspecified atom stereocenters. The average molecular weight is 185 g/mol. The molecule has 1 radical (unpaired) electrons. The van der Waals surface area contributed by atoms with Crippen LogP contribution in [0.15, 0.2) is 54.7 Å². The Kier molecular flexibility index (Phi) is 6.39. The molecule has 1 aliphatic rings. The van der Waals surface area contributed by atoms with Gasteiger partial charge < -0.3 is 0 Å². The molecule has 0 aromatic carbocycles. The van der Waals surface area contributed by atoms with Gasteiger partial charge >= 0.3 is 0 Å². The van der Waals surface area contributed by atoms with Gasteiger partial charge in [-0.3, -0.25) is 0 Å². The summed E-state index contributed by atoms with van der Waals surface area (Å²) in [6.45, 7) is 0. The van der Waals surface area contributed by atoms with Gasteiger partial charge in [0.25, 0.3) is 0 Å². The van der Waals surface area contributed by atoms with E-state index in [2.05, 4.69) is 48.6 Å². The van der Waals surface area contributed by atoms with E-state index in [1.54, 1.807) is 0 Å². The molecule has 0 aliphatic heterocycles. The van der Waals surface area contributed by atoms with Crippen LogP contribution < -0.4 is 0 Å². The highest BCUT2D eigenvalue weighted by atomic mass is 13.9.